The second kappa shape index (κ2) is 6.08. The van der Waals surface area contributed by atoms with E-state index < -0.39 is 5.97 Å². The van der Waals surface area contributed by atoms with Gasteiger partial charge in [-0.25, -0.2) is 4.79 Å². The first-order valence-electron chi connectivity index (χ1n) is 5.55. The molecule has 1 aromatic carbocycles. The zero-order valence-corrected chi connectivity index (χ0v) is 12.7. The van der Waals surface area contributed by atoms with E-state index in [1.54, 1.807) is 29.5 Å². The van der Waals surface area contributed by atoms with E-state index in [4.69, 9.17) is 10.5 Å². The van der Waals surface area contributed by atoms with Crippen molar-refractivity contribution < 1.29 is 9.53 Å². The number of ether oxygens (including phenoxy) is 1. The molecule has 19 heavy (non-hydrogen) atoms. The van der Waals surface area contributed by atoms with E-state index in [2.05, 4.69) is 21.2 Å². The van der Waals surface area contributed by atoms with Crippen LogP contribution in [0.25, 0.3) is 0 Å². The molecular weight excluding hydrogens is 328 g/mol. The van der Waals surface area contributed by atoms with Gasteiger partial charge in [-0.05, 0) is 45.6 Å². The molecule has 1 aromatic heterocycles. The van der Waals surface area contributed by atoms with Crippen LogP contribution in [0, 0.1) is 0 Å². The molecule has 0 saturated carbocycles. The summed E-state index contributed by atoms with van der Waals surface area (Å²) in [5.74, 6) is -0.403. The molecule has 4 nitrogen and oxygen atoms in total. The summed E-state index contributed by atoms with van der Waals surface area (Å²) >= 11 is 5.11. The first-order valence-corrected chi connectivity index (χ1v) is 7.22. The van der Waals surface area contributed by atoms with E-state index in [1.807, 2.05) is 11.4 Å². The van der Waals surface area contributed by atoms with Crippen LogP contribution in [0.2, 0.25) is 0 Å². The third kappa shape index (κ3) is 3.27. The number of benzene rings is 1. The third-order valence-corrected chi connectivity index (χ3v) is 4.51. The Hall–Kier alpha value is -1.53. The largest absolute Gasteiger partial charge is 0.465 e. The summed E-state index contributed by atoms with van der Waals surface area (Å²) in [4.78, 5) is 12.9. The summed E-state index contributed by atoms with van der Waals surface area (Å²) in [6, 6.07) is 7.13. The van der Waals surface area contributed by atoms with Gasteiger partial charge in [0.25, 0.3) is 0 Å². The lowest BCUT2D eigenvalue weighted by molar-refractivity contribution is 0.0602. The summed E-state index contributed by atoms with van der Waals surface area (Å²) in [5, 5.41) is 5.23. The fraction of sp³-hybridized carbons (Fsp3) is 0.154. The molecule has 0 saturated heterocycles. The average molecular weight is 341 g/mol. The summed E-state index contributed by atoms with van der Waals surface area (Å²) < 4.78 is 5.81. The Morgan fingerprint density at radius 2 is 2.26 bits per heavy atom. The number of carbonyl (C=O) groups excluding carboxylic acids is 1. The molecule has 0 aliphatic heterocycles. The van der Waals surface area contributed by atoms with Crippen LogP contribution < -0.4 is 11.1 Å². The molecule has 0 amide bonds. The lowest BCUT2D eigenvalue weighted by atomic mass is 10.1. The van der Waals surface area contributed by atoms with Gasteiger partial charge < -0.3 is 15.8 Å². The first kappa shape index (κ1) is 13.9. The Morgan fingerprint density at radius 1 is 1.47 bits per heavy atom. The van der Waals surface area contributed by atoms with Crippen molar-refractivity contribution in [3.05, 3.63) is 44.6 Å². The van der Waals surface area contributed by atoms with Gasteiger partial charge in [0, 0.05) is 20.7 Å². The van der Waals surface area contributed by atoms with E-state index in [9.17, 15) is 4.79 Å². The van der Waals surface area contributed by atoms with Crippen molar-refractivity contribution in [2.45, 2.75) is 6.54 Å². The lowest BCUT2D eigenvalue weighted by Crippen LogP contribution is -2.08. The first-order chi connectivity index (χ1) is 9.11. The van der Waals surface area contributed by atoms with E-state index in [0.717, 1.165) is 9.35 Å². The topological polar surface area (TPSA) is 64.3 Å². The Morgan fingerprint density at radius 3 is 2.89 bits per heavy atom. The highest BCUT2D eigenvalue weighted by Crippen LogP contribution is 2.25. The van der Waals surface area contributed by atoms with Crippen LogP contribution in [-0.2, 0) is 11.3 Å². The smallest absolute Gasteiger partial charge is 0.340 e. The standard InChI is InChI=1S/C13H13BrN2O2S/c1-18-13(17)9-6-8(15)2-3-11(9)16-7-12-10(14)4-5-19-12/h2-6,16H,7,15H2,1H3. The van der Waals surface area contributed by atoms with E-state index in [-0.39, 0.29) is 0 Å². The SMILES string of the molecule is COC(=O)c1cc(N)ccc1NCc1sccc1Br. The second-order valence-corrected chi connectivity index (χ2v) is 5.70. The highest BCUT2D eigenvalue weighted by Gasteiger charge is 2.12. The van der Waals surface area contributed by atoms with E-state index >= 15 is 0 Å². The van der Waals surface area contributed by atoms with Crippen molar-refractivity contribution in [3.8, 4) is 0 Å². The number of carbonyl (C=O) groups is 1. The van der Waals surface area contributed by atoms with Gasteiger partial charge in [0.15, 0.2) is 0 Å². The summed E-state index contributed by atoms with van der Waals surface area (Å²) in [7, 11) is 1.35. The summed E-state index contributed by atoms with van der Waals surface area (Å²) in [6.07, 6.45) is 0. The number of hydrogen-bond donors (Lipinski definition) is 2. The van der Waals surface area contributed by atoms with Crippen molar-refractivity contribution in [3.63, 3.8) is 0 Å². The van der Waals surface area contributed by atoms with Crippen LogP contribution in [0.1, 0.15) is 15.2 Å². The number of halogens is 1. The zero-order valence-electron chi connectivity index (χ0n) is 10.3. The fourth-order valence-electron chi connectivity index (χ4n) is 1.62. The van der Waals surface area contributed by atoms with Crippen LogP contribution in [-0.4, -0.2) is 13.1 Å². The molecule has 2 rings (SSSR count). The van der Waals surface area contributed by atoms with Crippen LogP contribution in [0.5, 0.6) is 0 Å². The lowest BCUT2D eigenvalue weighted by Gasteiger charge is -2.11. The van der Waals surface area contributed by atoms with E-state index in [1.165, 1.54) is 7.11 Å². The molecule has 0 radical (unpaired) electrons. The Labute approximate surface area is 123 Å². The maximum Gasteiger partial charge on any atom is 0.340 e. The number of methoxy groups -OCH3 is 1. The maximum absolute atomic E-state index is 11.7. The van der Waals surface area contributed by atoms with Crippen molar-refractivity contribution in [1.29, 1.82) is 0 Å². The van der Waals surface area contributed by atoms with E-state index in [0.29, 0.717) is 23.5 Å². The Balaban J connectivity index is 2.20. The second-order valence-electron chi connectivity index (χ2n) is 3.84. The van der Waals surface area contributed by atoms with Gasteiger partial charge in [0.1, 0.15) is 0 Å². The summed E-state index contributed by atoms with van der Waals surface area (Å²) in [6.45, 7) is 0.631. The quantitative estimate of drug-likeness (QED) is 0.660. The van der Waals surface area contributed by atoms with Crippen LogP contribution in [0.3, 0.4) is 0 Å². The van der Waals surface area contributed by atoms with Crippen molar-refractivity contribution >= 4 is 44.6 Å². The molecule has 0 aliphatic rings. The fourth-order valence-corrected chi connectivity index (χ4v) is 3.05. The molecule has 0 fully saturated rings. The van der Waals surface area contributed by atoms with Crippen molar-refractivity contribution in [1.82, 2.24) is 0 Å². The third-order valence-electron chi connectivity index (χ3n) is 2.58. The van der Waals surface area contributed by atoms with Gasteiger partial charge in [-0.1, -0.05) is 0 Å². The van der Waals surface area contributed by atoms with Gasteiger partial charge >= 0.3 is 5.97 Å². The maximum atomic E-state index is 11.7. The minimum absolute atomic E-state index is 0.403. The monoisotopic (exact) mass is 340 g/mol. The normalized spacial score (nSPS) is 10.2. The molecule has 100 valence electrons. The van der Waals surface area contributed by atoms with Gasteiger partial charge in [0.05, 0.1) is 19.2 Å². The minimum Gasteiger partial charge on any atom is -0.465 e. The van der Waals surface area contributed by atoms with Crippen LogP contribution in [0.15, 0.2) is 34.1 Å². The molecule has 2 aromatic rings. The van der Waals surface area contributed by atoms with Crippen molar-refractivity contribution in [2.24, 2.45) is 0 Å². The van der Waals surface area contributed by atoms with Crippen molar-refractivity contribution in [2.75, 3.05) is 18.2 Å². The Kier molecular flexibility index (Phi) is 4.44. The van der Waals surface area contributed by atoms with Crippen LogP contribution >= 0.6 is 27.3 Å². The molecule has 0 spiro atoms. The minimum atomic E-state index is -0.403. The number of nitrogens with one attached hydrogen (secondary N) is 1. The molecule has 6 heteroatoms. The van der Waals surface area contributed by atoms with Gasteiger partial charge in [-0.3, -0.25) is 0 Å². The zero-order chi connectivity index (χ0) is 13.8. The molecule has 0 unspecified atom stereocenters. The molecule has 0 bridgehead atoms. The van der Waals surface area contributed by atoms with Gasteiger partial charge in [-0.15, -0.1) is 11.3 Å². The Bertz CT molecular complexity index is 598. The predicted molar refractivity (Wildman–Crippen MR) is 81.5 cm³/mol. The van der Waals surface area contributed by atoms with Gasteiger partial charge in [-0.2, -0.15) is 0 Å². The average Bonchev–Trinajstić information content (AvgIpc) is 2.82. The number of rotatable bonds is 4. The summed E-state index contributed by atoms with van der Waals surface area (Å²) in [5.41, 5.74) is 7.37. The van der Waals surface area contributed by atoms with Crippen LogP contribution in [0.4, 0.5) is 11.4 Å². The molecular formula is C13H13BrN2O2S. The number of hydrogen-bond acceptors (Lipinski definition) is 5. The predicted octanol–water partition coefficient (Wildman–Crippen LogP) is 3.49. The highest BCUT2D eigenvalue weighted by atomic mass is 79.9. The molecule has 3 N–H and O–H groups in total. The van der Waals surface area contributed by atoms with Gasteiger partial charge in [0.2, 0.25) is 0 Å². The number of anilines is 2. The highest BCUT2D eigenvalue weighted by molar-refractivity contribution is 9.10. The molecule has 0 atom stereocenters. The number of nitrogen functional groups attached to an aromatic ring is 1. The molecule has 1 heterocycles. The number of esters is 1. The number of thiophene rings is 1. The number of nitrogens with two attached hydrogens (primary N) is 1. The molecule has 0 aliphatic carbocycles.